The van der Waals surface area contributed by atoms with E-state index in [-0.39, 0.29) is 12.8 Å². The second-order valence-corrected chi connectivity index (χ2v) is 6.67. The van der Waals surface area contributed by atoms with Gasteiger partial charge in [-0.15, -0.1) is 0 Å². The van der Waals surface area contributed by atoms with Gasteiger partial charge in [-0.25, -0.2) is 4.98 Å². The molecule has 1 N–H and O–H groups in total. The Morgan fingerprint density at radius 2 is 2.04 bits per heavy atom. The Bertz CT molecular complexity index is 851. The number of halogens is 1. The minimum atomic E-state index is -0.872. The maximum atomic E-state index is 10.9. The molecule has 0 fully saturated rings. The summed E-state index contributed by atoms with van der Waals surface area (Å²) in [5.74, 6) is 0.369. The van der Waals surface area contributed by atoms with Gasteiger partial charge in [-0.1, -0.05) is 41.6 Å². The first kappa shape index (κ1) is 17.5. The average Bonchev–Trinajstić information content (AvgIpc) is 3.03. The van der Waals surface area contributed by atoms with Gasteiger partial charge in [0.15, 0.2) is 0 Å². The number of carbonyl (C=O) groups is 1. The lowest BCUT2D eigenvalue weighted by atomic mass is 10.1. The van der Waals surface area contributed by atoms with Crippen molar-refractivity contribution in [3.05, 3.63) is 65.1 Å². The number of rotatable bonds is 7. The second kappa shape index (κ2) is 8.18. The number of pyridine rings is 1. The summed E-state index contributed by atoms with van der Waals surface area (Å²) in [6.07, 6.45) is 3.79. The molecule has 2 aromatic heterocycles. The summed E-state index contributed by atoms with van der Waals surface area (Å²) in [5, 5.41) is 10.1. The van der Waals surface area contributed by atoms with E-state index < -0.39 is 5.97 Å². The molecule has 0 saturated heterocycles. The van der Waals surface area contributed by atoms with Crippen LogP contribution in [0.1, 0.15) is 17.7 Å². The van der Waals surface area contributed by atoms with Crippen LogP contribution in [0.4, 0.5) is 0 Å². The normalized spacial score (nSPS) is 10.8. The molecule has 0 aliphatic heterocycles. The lowest BCUT2D eigenvalue weighted by molar-refractivity contribution is -0.137. The van der Waals surface area contributed by atoms with Gasteiger partial charge in [-0.05, 0) is 23.8 Å². The molecule has 0 saturated carbocycles. The van der Waals surface area contributed by atoms with E-state index in [0.717, 1.165) is 11.1 Å². The zero-order valence-electron chi connectivity index (χ0n) is 13.2. The third kappa shape index (κ3) is 4.84. The van der Waals surface area contributed by atoms with Crippen LogP contribution in [0.15, 0.2) is 58.4 Å². The Morgan fingerprint density at radius 1 is 1.24 bits per heavy atom. The quantitative estimate of drug-likeness (QED) is 0.604. The molecule has 0 aliphatic carbocycles. The van der Waals surface area contributed by atoms with E-state index in [1.165, 1.54) is 11.8 Å². The number of benzene rings is 1. The van der Waals surface area contributed by atoms with E-state index in [1.807, 2.05) is 24.3 Å². The van der Waals surface area contributed by atoms with Crippen molar-refractivity contribution in [2.24, 2.45) is 0 Å². The molecule has 0 atom stereocenters. The first-order valence-corrected chi connectivity index (χ1v) is 8.97. The Labute approximate surface area is 154 Å². The highest BCUT2D eigenvalue weighted by Crippen LogP contribution is 2.31. The summed E-state index contributed by atoms with van der Waals surface area (Å²) in [4.78, 5) is 19.5. The number of aromatic nitrogens is 2. The van der Waals surface area contributed by atoms with Crippen molar-refractivity contribution in [3.8, 4) is 11.3 Å². The standard InChI is InChI=1S/C18H15ClN2O3S/c19-14-5-3-13(4-6-14)17-15(7-8-16(22)23)24-18(21-17)25-11-12-2-1-9-20-10-12/h1-6,9-10H,7-8,11H2,(H,22,23). The van der Waals surface area contributed by atoms with Crippen LogP contribution in [0, 0.1) is 0 Å². The molecule has 0 spiro atoms. The lowest BCUT2D eigenvalue weighted by Crippen LogP contribution is -1.97. The van der Waals surface area contributed by atoms with Crippen LogP contribution in [-0.2, 0) is 17.0 Å². The van der Waals surface area contributed by atoms with E-state index >= 15 is 0 Å². The summed E-state index contributed by atoms with van der Waals surface area (Å²) in [5.41, 5.74) is 2.57. The number of hydrogen-bond acceptors (Lipinski definition) is 5. The van der Waals surface area contributed by atoms with Crippen molar-refractivity contribution < 1.29 is 14.3 Å². The van der Waals surface area contributed by atoms with Gasteiger partial charge < -0.3 is 9.52 Å². The van der Waals surface area contributed by atoms with E-state index in [0.29, 0.717) is 27.5 Å². The van der Waals surface area contributed by atoms with Crippen LogP contribution in [0.3, 0.4) is 0 Å². The molecule has 0 bridgehead atoms. The first-order chi connectivity index (χ1) is 12.1. The molecular formula is C18H15ClN2O3S. The Morgan fingerprint density at radius 3 is 2.72 bits per heavy atom. The summed E-state index contributed by atoms with van der Waals surface area (Å²) in [6.45, 7) is 0. The zero-order valence-corrected chi connectivity index (χ0v) is 14.8. The molecule has 5 nitrogen and oxygen atoms in total. The molecule has 0 amide bonds. The second-order valence-electron chi connectivity index (χ2n) is 5.30. The van der Waals surface area contributed by atoms with Gasteiger partial charge in [0.2, 0.25) is 0 Å². The third-order valence-electron chi connectivity index (χ3n) is 3.45. The predicted octanol–water partition coefficient (Wildman–Crippen LogP) is 4.70. The van der Waals surface area contributed by atoms with Crippen LogP contribution >= 0.6 is 23.4 Å². The van der Waals surface area contributed by atoms with E-state index in [1.54, 1.807) is 24.5 Å². The highest BCUT2D eigenvalue weighted by atomic mass is 35.5. The fourth-order valence-corrected chi connectivity index (χ4v) is 3.15. The largest absolute Gasteiger partial charge is 0.481 e. The number of aliphatic carboxylic acids is 1. The lowest BCUT2D eigenvalue weighted by Gasteiger charge is -2.00. The first-order valence-electron chi connectivity index (χ1n) is 7.61. The molecule has 7 heteroatoms. The molecule has 25 heavy (non-hydrogen) atoms. The monoisotopic (exact) mass is 374 g/mol. The van der Waals surface area contributed by atoms with E-state index in [2.05, 4.69) is 9.97 Å². The van der Waals surface area contributed by atoms with Crippen LogP contribution in [0.2, 0.25) is 5.02 Å². The van der Waals surface area contributed by atoms with Crippen molar-refractivity contribution in [1.82, 2.24) is 9.97 Å². The zero-order chi connectivity index (χ0) is 17.6. The summed E-state index contributed by atoms with van der Waals surface area (Å²) in [6, 6.07) is 11.1. The number of oxazole rings is 1. The smallest absolute Gasteiger partial charge is 0.303 e. The van der Waals surface area contributed by atoms with Gasteiger partial charge >= 0.3 is 5.97 Å². The molecule has 2 heterocycles. The third-order valence-corrected chi connectivity index (χ3v) is 4.60. The molecular weight excluding hydrogens is 360 g/mol. The minimum Gasteiger partial charge on any atom is -0.481 e. The summed E-state index contributed by atoms with van der Waals surface area (Å²) >= 11 is 7.38. The summed E-state index contributed by atoms with van der Waals surface area (Å²) in [7, 11) is 0. The Hall–Kier alpha value is -2.31. The average molecular weight is 375 g/mol. The van der Waals surface area contributed by atoms with Gasteiger partial charge in [0.25, 0.3) is 5.22 Å². The van der Waals surface area contributed by atoms with Crippen LogP contribution in [0.25, 0.3) is 11.3 Å². The number of aryl methyl sites for hydroxylation is 1. The fourth-order valence-electron chi connectivity index (χ4n) is 2.24. The number of thioether (sulfide) groups is 1. The molecule has 0 radical (unpaired) electrons. The van der Waals surface area contributed by atoms with Crippen molar-refractivity contribution in [2.75, 3.05) is 0 Å². The van der Waals surface area contributed by atoms with Crippen LogP contribution in [0.5, 0.6) is 0 Å². The number of hydrogen-bond donors (Lipinski definition) is 1. The minimum absolute atomic E-state index is 0.0114. The number of carboxylic acids is 1. The Balaban J connectivity index is 1.82. The molecule has 0 unspecified atom stereocenters. The SMILES string of the molecule is O=C(O)CCc1oc(SCc2cccnc2)nc1-c1ccc(Cl)cc1. The fraction of sp³-hybridized carbons (Fsp3) is 0.167. The van der Waals surface area contributed by atoms with Crippen LogP contribution < -0.4 is 0 Å². The maximum absolute atomic E-state index is 10.9. The highest BCUT2D eigenvalue weighted by Gasteiger charge is 2.16. The number of carboxylic acid groups (broad SMARTS) is 1. The highest BCUT2D eigenvalue weighted by molar-refractivity contribution is 7.98. The van der Waals surface area contributed by atoms with Gasteiger partial charge in [0.05, 0.1) is 6.42 Å². The molecule has 3 aromatic rings. The number of nitrogens with zero attached hydrogens (tertiary/aromatic N) is 2. The van der Waals surface area contributed by atoms with Crippen molar-refractivity contribution in [2.45, 2.75) is 23.8 Å². The topological polar surface area (TPSA) is 76.2 Å². The predicted molar refractivity (Wildman–Crippen MR) is 96.7 cm³/mol. The van der Waals surface area contributed by atoms with E-state index in [4.69, 9.17) is 21.1 Å². The Kier molecular flexibility index (Phi) is 5.73. The van der Waals surface area contributed by atoms with Gasteiger partial charge in [0.1, 0.15) is 11.5 Å². The molecule has 3 rings (SSSR count). The van der Waals surface area contributed by atoms with Crippen molar-refractivity contribution >= 4 is 29.3 Å². The molecule has 0 aliphatic rings. The van der Waals surface area contributed by atoms with Crippen LogP contribution in [-0.4, -0.2) is 21.0 Å². The van der Waals surface area contributed by atoms with E-state index in [9.17, 15) is 4.79 Å². The van der Waals surface area contributed by atoms with Gasteiger partial charge in [-0.3, -0.25) is 9.78 Å². The van der Waals surface area contributed by atoms with Crippen molar-refractivity contribution in [1.29, 1.82) is 0 Å². The summed E-state index contributed by atoms with van der Waals surface area (Å²) < 4.78 is 5.81. The maximum Gasteiger partial charge on any atom is 0.303 e. The molecule has 128 valence electrons. The molecule has 1 aromatic carbocycles. The van der Waals surface area contributed by atoms with Gasteiger partial charge in [-0.2, -0.15) is 0 Å². The van der Waals surface area contributed by atoms with Gasteiger partial charge in [0, 0.05) is 35.2 Å². The van der Waals surface area contributed by atoms with Crippen molar-refractivity contribution in [3.63, 3.8) is 0 Å².